The quantitative estimate of drug-likeness (QED) is 0.940. The topological polar surface area (TPSA) is 42.7 Å². The molecule has 0 spiro atoms. The largest absolute Gasteiger partial charge is 0.314 e. The van der Waals surface area contributed by atoms with Crippen molar-refractivity contribution >= 4 is 0 Å². The number of rotatable bonds is 4. The van der Waals surface area contributed by atoms with Crippen LogP contribution in [0.1, 0.15) is 41.2 Å². The molecule has 0 aliphatic carbocycles. The maximum Gasteiger partial charge on any atom is 0.147 e. The molecule has 4 nitrogen and oxygen atoms in total. The van der Waals surface area contributed by atoms with E-state index in [9.17, 15) is 4.39 Å². The molecule has 0 bridgehead atoms. The van der Waals surface area contributed by atoms with Gasteiger partial charge in [-0.05, 0) is 43.4 Å². The second kappa shape index (κ2) is 5.93. The summed E-state index contributed by atoms with van der Waals surface area (Å²) in [6.07, 6.45) is 3.44. The van der Waals surface area contributed by atoms with E-state index in [1.165, 1.54) is 12.8 Å². The zero-order valence-corrected chi connectivity index (χ0v) is 12.6. The molecule has 0 atom stereocenters. The summed E-state index contributed by atoms with van der Waals surface area (Å²) in [5.41, 5.74) is 2.50. The van der Waals surface area contributed by atoms with Crippen LogP contribution in [0.15, 0.2) is 12.1 Å². The van der Waals surface area contributed by atoms with Crippen LogP contribution < -0.4 is 5.32 Å². The molecule has 3 rings (SSSR count). The smallest absolute Gasteiger partial charge is 0.147 e. The summed E-state index contributed by atoms with van der Waals surface area (Å²) in [6, 6.07) is 3.79. The predicted octanol–water partition coefficient (Wildman–Crippen LogP) is 2.66. The summed E-state index contributed by atoms with van der Waals surface area (Å²) in [5, 5.41) is 11.9. The van der Waals surface area contributed by atoms with Crippen molar-refractivity contribution in [2.24, 2.45) is 0 Å². The fourth-order valence-electron chi connectivity index (χ4n) is 2.96. The van der Waals surface area contributed by atoms with Crippen LogP contribution in [0.2, 0.25) is 0 Å². The van der Waals surface area contributed by atoms with Crippen LogP contribution in [0.4, 0.5) is 4.39 Å². The molecule has 1 aromatic heterocycles. The molecule has 0 fully saturated rings. The van der Waals surface area contributed by atoms with Crippen LogP contribution in [-0.4, -0.2) is 14.8 Å². The summed E-state index contributed by atoms with van der Waals surface area (Å²) in [4.78, 5) is 0. The Kier molecular flexibility index (Phi) is 4.01. The fourth-order valence-corrected chi connectivity index (χ4v) is 2.96. The number of benzene rings is 1. The predicted molar refractivity (Wildman–Crippen MR) is 79.4 cm³/mol. The molecule has 5 heteroatoms. The third-order valence-electron chi connectivity index (χ3n) is 4.04. The van der Waals surface area contributed by atoms with Crippen LogP contribution in [0.3, 0.4) is 0 Å². The number of fused-ring (bicyclic) bond motifs is 1. The Labute approximate surface area is 124 Å². The first-order chi connectivity index (χ1) is 10.1. The van der Waals surface area contributed by atoms with Gasteiger partial charge >= 0.3 is 0 Å². The summed E-state index contributed by atoms with van der Waals surface area (Å²) in [6.45, 7) is 6.04. The van der Waals surface area contributed by atoms with Gasteiger partial charge in [0, 0.05) is 19.5 Å². The van der Waals surface area contributed by atoms with Gasteiger partial charge in [0.1, 0.15) is 17.5 Å². The third-order valence-corrected chi connectivity index (χ3v) is 4.04. The van der Waals surface area contributed by atoms with E-state index in [1.54, 1.807) is 13.8 Å². The van der Waals surface area contributed by atoms with Crippen molar-refractivity contribution in [2.75, 3.05) is 0 Å². The lowest BCUT2D eigenvalue weighted by Crippen LogP contribution is -2.19. The third kappa shape index (κ3) is 2.97. The van der Waals surface area contributed by atoms with Gasteiger partial charge in [-0.15, -0.1) is 10.2 Å². The highest BCUT2D eigenvalue weighted by atomic mass is 19.1. The SMILES string of the molecule is Cc1cc(CNCc2nnc3n2CCCC3)cc(C)c1F. The average molecular weight is 288 g/mol. The lowest BCUT2D eigenvalue weighted by molar-refractivity contribution is 0.497. The molecule has 1 aliphatic rings. The summed E-state index contributed by atoms with van der Waals surface area (Å²) >= 11 is 0. The molecule has 0 amide bonds. The van der Waals surface area contributed by atoms with E-state index in [2.05, 4.69) is 20.1 Å². The Hall–Kier alpha value is -1.75. The highest BCUT2D eigenvalue weighted by Crippen LogP contribution is 2.16. The molecule has 1 aromatic carbocycles. The van der Waals surface area contributed by atoms with Crippen molar-refractivity contribution in [3.05, 3.63) is 46.3 Å². The maximum atomic E-state index is 13.6. The van der Waals surface area contributed by atoms with E-state index in [0.29, 0.717) is 24.2 Å². The lowest BCUT2D eigenvalue weighted by Gasteiger charge is -2.15. The number of aromatic nitrogens is 3. The maximum absolute atomic E-state index is 13.6. The Morgan fingerprint density at radius 3 is 2.67 bits per heavy atom. The molecule has 0 saturated heterocycles. The van der Waals surface area contributed by atoms with E-state index >= 15 is 0 Å². The molecule has 0 radical (unpaired) electrons. The first-order valence-electron chi connectivity index (χ1n) is 7.52. The van der Waals surface area contributed by atoms with Crippen LogP contribution in [-0.2, 0) is 26.1 Å². The van der Waals surface area contributed by atoms with Gasteiger partial charge in [0.25, 0.3) is 0 Å². The molecular formula is C16H21FN4. The Bertz CT molecular complexity index is 625. The van der Waals surface area contributed by atoms with Gasteiger partial charge < -0.3 is 9.88 Å². The van der Waals surface area contributed by atoms with Crippen LogP contribution in [0.25, 0.3) is 0 Å². The second-order valence-electron chi connectivity index (χ2n) is 5.79. The molecule has 1 N–H and O–H groups in total. The zero-order chi connectivity index (χ0) is 14.8. The summed E-state index contributed by atoms with van der Waals surface area (Å²) in [5.74, 6) is 2.00. The number of aryl methyl sites for hydroxylation is 3. The van der Waals surface area contributed by atoms with Gasteiger partial charge in [0.05, 0.1) is 6.54 Å². The Morgan fingerprint density at radius 2 is 1.90 bits per heavy atom. The minimum atomic E-state index is -0.106. The minimum absolute atomic E-state index is 0.106. The highest BCUT2D eigenvalue weighted by Gasteiger charge is 2.15. The molecule has 0 unspecified atom stereocenters. The molecule has 0 saturated carbocycles. The van der Waals surface area contributed by atoms with Gasteiger partial charge in [-0.3, -0.25) is 0 Å². The number of halogens is 1. The molecular weight excluding hydrogens is 267 g/mol. The van der Waals surface area contributed by atoms with Crippen molar-refractivity contribution in [3.63, 3.8) is 0 Å². The van der Waals surface area contributed by atoms with E-state index < -0.39 is 0 Å². The average Bonchev–Trinajstić information content (AvgIpc) is 2.88. The van der Waals surface area contributed by atoms with Crippen LogP contribution in [0.5, 0.6) is 0 Å². The van der Waals surface area contributed by atoms with Crippen molar-refractivity contribution in [3.8, 4) is 0 Å². The number of nitrogens with zero attached hydrogens (tertiary/aromatic N) is 3. The van der Waals surface area contributed by atoms with Crippen LogP contribution in [0, 0.1) is 19.7 Å². The second-order valence-corrected chi connectivity index (χ2v) is 5.79. The molecule has 2 aromatic rings. The van der Waals surface area contributed by atoms with Crippen molar-refractivity contribution < 1.29 is 4.39 Å². The van der Waals surface area contributed by atoms with E-state index in [4.69, 9.17) is 0 Å². The summed E-state index contributed by atoms with van der Waals surface area (Å²) < 4.78 is 15.8. The van der Waals surface area contributed by atoms with E-state index in [0.717, 1.165) is 30.2 Å². The van der Waals surface area contributed by atoms with Crippen molar-refractivity contribution in [2.45, 2.75) is 52.7 Å². The molecule has 112 valence electrons. The van der Waals surface area contributed by atoms with E-state index in [1.807, 2.05) is 12.1 Å². The first-order valence-corrected chi connectivity index (χ1v) is 7.52. The monoisotopic (exact) mass is 288 g/mol. The number of hydrogen-bond acceptors (Lipinski definition) is 3. The minimum Gasteiger partial charge on any atom is -0.314 e. The number of nitrogens with one attached hydrogen (secondary N) is 1. The highest BCUT2D eigenvalue weighted by molar-refractivity contribution is 5.30. The summed E-state index contributed by atoms with van der Waals surface area (Å²) in [7, 11) is 0. The molecule has 1 aliphatic heterocycles. The van der Waals surface area contributed by atoms with Gasteiger partial charge in [0.15, 0.2) is 0 Å². The van der Waals surface area contributed by atoms with Crippen molar-refractivity contribution in [1.82, 2.24) is 20.1 Å². The Morgan fingerprint density at radius 1 is 1.14 bits per heavy atom. The zero-order valence-electron chi connectivity index (χ0n) is 12.6. The fraction of sp³-hybridized carbons (Fsp3) is 0.500. The van der Waals surface area contributed by atoms with Gasteiger partial charge in [0.2, 0.25) is 0 Å². The first kappa shape index (κ1) is 14.2. The standard InChI is InChI=1S/C16H21FN4/c1-11-7-13(8-12(2)16(11)17)9-18-10-15-20-19-14-5-3-4-6-21(14)15/h7-8,18H,3-6,9-10H2,1-2H3. The van der Waals surface area contributed by atoms with Crippen molar-refractivity contribution in [1.29, 1.82) is 0 Å². The van der Waals surface area contributed by atoms with E-state index in [-0.39, 0.29) is 5.82 Å². The van der Waals surface area contributed by atoms with Gasteiger partial charge in [-0.2, -0.15) is 0 Å². The lowest BCUT2D eigenvalue weighted by atomic mass is 10.1. The van der Waals surface area contributed by atoms with Gasteiger partial charge in [-0.25, -0.2) is 4.39 Å². The molecule has 21 heavy (non-hydrogen) atoms. The Balaban J connectivity index is 1.63. The van der Waals surface area contributed by atoms with Crippen LogP contribution >= 0.6 is 0 Å². The number of hydrogen-bond donors (Lipinski definition) is 1. The normalized spacial score (nSPS) is 14.2. The molecule has 2 heterocycles. The van der Waals surface area contributed by atoms with Gasteiger partial charge in [-0.1, -0.05) is 12.1 Å².